The second kappa shape index (κ2) is 7.78. The first-order valence-corrected chi connectivity index (χ1v) is 9.07. The van der Waals surface area contributed by atoms with Crippen molar-refractivity contribution in [3.8, 4) is 11.5 Å². The maximum absolute atomic E-state index is 13.6. The standard InChI is InChI=1S/C20H18FN3O5/c21-15-4-2-1-3-14(15)20(27)23-22-19(26)12-9-18(25)24(11-12)13-5-6-16-17(10-13)29-8-7-28-16/h1-6,10,12H,7-9,11H2,(H,22,26)(H,23,27)/t12-/m0/s1. The zero-order valence-corrected chi connectivity index (χ0v) is 15.3. The highest BCUT2D eigenvalue weighted by molar-refractivity contribution is 6.01. The van der Waals surface area contributed by atoms with Gasteiger partial charge in [0.05, 0.1) is 11.5 Å². The number of benzene rings is 2. The van der Waals surface area contributed by atoms with Crippen LogP contribution in [0.4, 0.5) is 10.1 Å². The molecule has 0 saturated carbocycles. The first-order chi connectivity index (χ1) is 14.0. The molecule has 150 valence electrons. The zero-order valence-electron chi connectivity index (χ0n) is 15.3. The summed E-state index contributed by atoms with van der Waals surface area (Å²) in [6, 6.07) is 10.6. The van der Waals surface area contributed by atoms with Crippen LogP contribution in [0.5, 0.6) is 11.5 Å². The number of hydrogen-bond donors (Lipinski definition) is 2. The highest BCUT2D eigenvalue weighted by Crippen LogP contribution is 2.35. The molecule has 2 aliphatic heterocycles. The van der Waals surface area contributed by atoms with Crippen molar-refractivity contribution in [2.75, 3.05) is 24.7 Å². The number of nitrogens with zero attached hydrogens (tertiary/aromatic N) is 1. The smallest absolute Gasteiger partial charge is 0.272 e. The highest BCUT2D eigenvalue weighted by Gasteiger charge is 2.35. The molecule has 0 unspecified atom stereocenters. The third-order valence-corrected chi connectivity index (χ3v) is 4.75. The van der Waals surface area contributed by atoms with Gasteiger partial charge in [0.2, 0.25) is 11.8 Å². The van der Waals surface area contributed by atoms with Crippen LogP contribution in [0, 0.1) is 11.7 Å². The number of hydrogen-bond acceptors (Lipinski definition) is 5. The van der Waals surface area contributed by atoms with Crippen LogP contribution in [0.3, 0.4) is 0 Å². The predicted molar refractivity (Wildman–Crippen MR) is 99.9 cm³/mol. The molecule has 4 rings (SSSR count). The van der Waals surface area contributed by atoms with Gasteiger partial charge in [-0.2, -0.15) is 0 Å². The van der Waals surface area contributed by atoms with Gasteiger partial charge in [0, 0.05) is 24.7 Å². The molecule has 0 radical (unpaired) electrons. The number of carbonyl (C=O) groups excluding carboxylic acids is 3. The van der Waals surface area contributed by atoms with Crippen molar-refractivity contribution < 1.29 is 28.2 Å². The molecule has 2 aromatic rings. The number of hydrazine groups is 1. The number of anilines is 1. The summed E-state index contributed by atoms with van der Waals surface area (Å²) in [5, 5.41) is 0. The average Bonchev–Trinajstić information content (AvgIpc) is 3.13. The molecular formula is C20H18FN3O5. The van der Waals surface area contributed by atoms with E-state index in [0.717, 1.165) is 6.07 Å². The second-order valence-corrected chi connectivity index (χ2v) is 6.66. The Bertz CT molecular complexity index is 980. The summed E-state index contributed by atoms with van der Waals surface area (Å²) in [5.41, 5.74) is 4.86. The van der Waals surface area contributed by atoms with E-state index in [0.29, 0.717) is 30.4 Å². The number of fused-ring (bicyclic) bond motifs is 1. The van der Waals surface area contributed by atoms with Crippen molar-refractivity contribution in [3.63, 3.8) is 0 Å². The second-order valence-electron chi connectivity index (χ2n) is 6.66. The Hall–Kier alpha value is -3.62. The molecular weight excluding hydrogens is 381 g/mol. The SMILES string of the molecule is O=C(NNC(=O)[C@H]1CC(=O)N(c2ccc3c(c2)OCCO3)C1)c1ccccc1F. The van der Waals surface area contributed by atoms with Gasteiger partial charge in [0.15, 0.2) is 11.5 Å². The Morgan fingerprint density at radius 3 is 2.59 bits per heavy atom. The molecule has 2 heterocycles. The van der Waals surface area contributed by atoms with Crippen LogP contribution in [0.1, 0.15) is 16.8 Å². The van der Waals surface area contributed by atoms with Crippen LogP contribution in [0.25, 0.3) is 0 Å². The summed E-state index contributed by atoms with van der Waals surface area (Å²) in [4.78, 5) is 38.3. The Labute approximate surface area is 165 Å². The summed E-state index contributed by atoms with van der Waals surface area (Å²) in [5.74, 6) is -1.71. The number of halogens is 1. The fraction of sp³-hybridized carbons (Fsp3) is 0.250. The van der Waals surface area contributed by atoms with Gasteiger partial charge in [-0.05, 0) is 24.3 Å². The van der Waals surface area contributed by atoms with Gasteiger partial charge in [-0.15, -0.1) is 0 Å². The molecule has 1 saturated heterocycles. The average molecular weight is 399 g/mol. The van der Waals surface area contributed by atoms with E-state index in [4.69, 9.17) is 9.47 Å². The van der Waals surface area contributed by atoms with Crippen molar-refractivity contribution in [1.82, 2.24) is 10.9 Å². The number of nitrogens with one attached hydrogen (secondary N) is 2. The van der Waals surface area contributed by atoms with Gasteiger partial charge >= 0.3 is 0 Å². The molecule has 29 heavy (non-hydrogen) atoms. The van der Waals surface area contributed by atoms with Gasteiger partial charge < -0.3 is 14.4 Å². The lowest BCUT2D eigenvalue weighted by atomic mass is 10.1. The molecule has 1 fully saturated rings. The Morgan fingerprint density at radius 1 is 1.03 bits per heavy atom. The number of rotatable bonds is 3. The molecule has 0 bridgehead atoms. The van der Waals surface area contributed by atoms with E-state index in [-0.39, 0.29) is 24.4 Å². The van der Waals surface area contributed by atoms with Gasteiger partial charge in [-0.25, -0.2) is 4.39 Å². The largest absolute Gasteiger partial charge is 0.486 e. The minimum absolute atomic E-state index is 0.00412. The van der Waals surface area contributed by atoms with Crippen LogP contribution in [-0.4, -0.2) is 37.5 Å². The molecule has 8 nitrogen and oxygen atoms in total. The van der Waals surface area contributed by atoms with Crippen molar-refractivity contribution >= 4 is 23.4 Å². The Balaban J connectivity index is 1.38. The fourth-order valence-electron chi connectivity index (χ4n) is 3.27. The predicted octanol–water partition coefficient (Wildman–Crippen LogP) is 1.41. The molecule has 0 aromatic heterocycles. The molecule has 0 aliphatic carbocycles. The normalized spacial score (nSPS) is 17.8. The van der Waals surface area contributed by atoms with Gasteiger partial charge in [0.25, 0.3) is 5.91 Å². The van der Waals surface area contributed by atoms with E-state index >= 15 is 0 Å². The lowest BCUT2D eigenvalue weighted by Gasteiger charge is -2.22. The summed E-state index contributed by atoms with van der Waals surface area (Å²) < 4.78 is 24.6. The van der Waals surface area contributed by atoms with E-state index in [9.17, 15) is 18.8 Å². The first-order valence-electron chi connectivity index (χ1n) is 9.07. The third-order valence-electron chi connectivity index (χ3n) is 4.75. The Morgan fingerprint density at radius 2 is 1.79 bits per heavy atom. The van der Waals surface area contributed by atoms with Crippen LogP contribution >= 0.6 is 0 Å². The summed E-state index contributed by atoms with van der Waals surface area (Å²) in [6.45, 7) is 1.05. The van der Waals surface area contributed by atoms with Gasteiger partial charge in [-0.3, -0.25) is 25.2 Å². The lowest BCUT2D eigenvalue weighted by molar-refractivity contribution is -0.126. The zero-order chi connectivity index (χ0) is 20.4. The molecule has 0 spiro atoms. The quantitative estimate of drug-likeness (QED) is 0.761. The molecule has 2 N–H and O–H groups in total. The van der Waals surface area contributed by atoms with E-state index in [1.54, 1.807) is 18.2 Å². The van der Waals surface area contributed by atoms with E-state index in [1.807, 2.05) is 0 Å². The highest BCUT2D eigenvalue weighted by atomic mass is 19.1. The van der Waals surface area contributed by atoms with Crippen molar-refractivity contribution in [2.24, 2.45) is 5.92 Å². The fourth-order valence-corrected chi connectivity index (χ4v) is 3.27. The first kappa shape index (κ1) is 18.7. The van der Waals surface area contributed by atoms with Crippen LogP contribution in [0.2, 0.25) is 0 Å². The maximum atomic E-state index is 13.6. The van der Waals surface area contributed by atoms with Gasteiger partial charge in [-0.1, -0.05) is 12.1 Å². The van der Waals surface area contributed by atoms with Crippen LogP contribution in [0.15, 0.2) is 42.5 Å². The van der Waals surface area contributed by atoms with Crippen LogP contribution in [-0.2, 0) is 9.59 Å². The van der Waals surface area contributed by atoms with E-state index in [2.05, 4.69) is 10.9 Å². The van der Waals surface area contributed by atoms with Crippen LogP contribution < -0.4 is 25.2 Å². The third kappa shape index (κ3) is 3.84. The monoisotopic (exact) mass is 399 g/mol. The molecule has 3 amide bonds. The number of ether oxygens (including phenoxy) is 2. The summed E-state index contributed by atoms with van der Waals surface area (Å²) in [7, 11) is 0. The minimum atomic E-state index is -0.774. The van der Waals surface area contributed by atoms with Gasteiger partial charge in [0.1, 0.15) is 19.0 Å². The molecule has 2 aromatic carbocycles. The number of carbonyl (C=O) groups is 3. The topological polar surface area (TPSA) is 97.0 Å². The van der Waals surface area contributed by atoms with E-state index in [1.165, 1.54) is 23.1 Å². The van der Waals surface area contributed by atoms with Crippen molar-refractivity contribution in [2.45, 2.75) is 6.42 Å². The number of amides is 3. The minimum Gasteiger partial charge on any atom is -0.486 e. The molecule has 1 atom stereocenters. The Kier molecular flexibility index (Phi) is 5.03. The van der Waals surface area contributed by atoms with E-state index < -0.39 is 23.5 Å². The van der Waals surface area contributed by atoms with Crippen molar-refractivity contribution in [1.29, 1.82) is 0 Å². The van der Waals surface area contributed by atoms with Crippen molar-refractivity contribution in [3.05, 3.63) is 53.8 Å². The summed E-state index contributed by atoms with van der Waals surface area (Å²) in [6.07, 6.45) is -0.00412. The maximum Gasteiger partial charge on any atom is 0.272 e. The molecule has 2 aliphatic rings. The summed E-state index contributed by atoms with van der Waals surface area (Å²) >= 11 is 0. The molecule has 9 heteroatoms. The lowest BCUT2D eigenvalue weighted by Crippen LogP contribution is -2.45.